The second-order valence-corrected chi connectivity index (χ2v) is 8.09. The number of nitrogens with zero attached hydrogens (tertiary/aromatic N) is 2. The predicted molar refractivity (Wildman–Crippen MR) is 109 cm³/mol. The van der Waals surface area contributed by atoms with E-state index in [1.807, 2.05) is 11.9 Å². The number of piperidine rings is 1. The van der Waals surface area contributed by atoms with Gasteiger partial charge < -0.3 is 15.0 Å². The lowest BCUT2D eigenvalue weighted by molar-refractivity contribution is 0.100. The number of amides is 2. The third kappa shape index (κ3) is 6.82. The van der Waals surface area contributed by atoms with Crippen LogP contribution in [0.1, 0.15) is 44.1 Å². The molecule has 1 aromatic carbocycles. The zero-order chi connectivity index (χ0) is 18.9. The molecule has 27 heavy (non-hydrogen) atoms. The lowest BCUT2D eigenvalue weighted by Crippen LogP contribution is -2.42. The first-order chi connectivity index (χ1) is 13.2. The average Bonchev–Trinajstić information content (AvgIpc) is 3.21. The highest BCUT2D eigenvalue weighted by atomic mass is 16.5. The summed E-state index contributed by atoms with van der Waals surface area (Å²) < 4.78 is 5.65. The molecule has 1 N–H and O–H groups in total. The topological polar surface area (TPSA) is 44.8 Å². The number of hydrogen-bond acceptors (Lipinski definition) is 3. The van der Waals surface area contributed by atoms with Gasteiger partial charge in [-0.1, -0.05) is 30.3 Å². The van der Waals surface area contributed by atoms with Gasteiger partial charge in [-0.25, -0.2) is 4.79 Å². The van der Waals surface area contributed by atoms with Crippen LogP contribution < -0.4 is 5.32 Å². The summed E-state index contributed by atoms with van der Waals surface area (Å²) in [5.74, 6) is 0.598. The molecule has 2 amide bonds. The number of hydrogen-bond donors (Lipinski definition) is 1. The van der Waals surface area contributed by atoms with Gasteiger partial charge in [0.05, 0.1) is 6.10 Å². The fourth-order valence-electron chi connectivity index (χ4n) is 4.09. The zero-order valence-corrected chi connectivity index (χ0v) is 16.7. The Morgan fingerprint density at radius 1 is 1.22 bits per heavy atom. The van der Waals surface area contributed by atoms with Gasteiger partial charge in [-0.2, -0.15) is 0 Å². The number of urea groups is 1. The molecule has 1 atom stereocenters. The Kier molecular flexibility index (Phi) is 7.96. The molecule has 1 aromatic rings. The van der Waals surface area contributed by atoms with Crippen molar-refractivity contribution < 1.29 is 9.53 Å². The van der Waals surface area contributed by atoms with Gasteiger partial charge in [-0.05, 0) is 63.1 Å². The number of rotatable bonds is 8. The number of carbonyl (C=O) groups is 1. The van der Waals surface area contributed by atoms with Crippen LogP contribution in [0.15, 0.2) is 30.3 Å². The fourth-order valence-corrected chi connectivity index (χ4v) is 4.09. The first-order valence-corrected chi connectivity index (χ1v) is 10.6. The minimum absolute atomic E-state index is 0.0639. The fraction of sp³-hybridized carbons (Fsp3) is 0.682. The summed E-state index contributed by atoms with van der Waals surface area (Å²) in [5, 5.41) is 3.13. The van der Waals surface area contributed by atoms with Crippen molar-refractivity contribution in [2.75, 3.05) is 39.8 Å². The average molecular weight is 374 g/mol. The normalized spacial score (nSPS) is 21.3. The smallest absolute Gasteiger partial charge is 0.317 e. The monoisotopic (exact) mass is 373 g/mol. The Bertz CT molecular complexity index is 552. The molecule has 5 nitrogen and oxygen atoms in total. The number of nitrogens with one attached hydrogen (secondary N) is 1. The van der Waals surface area contributed by atoms with Crippen LogP contribution in [0.3, 0.4) is 0 Å². The van der Waals surface area contributed by atoms with Crippen molar-refractivity contribution in [3.63, 3.8) is 0 Å². The van der Waals surface area contributed by atoms with Crippen molar-refractivity contribution in [2.45, 2.75) is 51.2 Å². The number of benzene rings is 1. The van der Waals surface area contributed by atoms with E-state index in [0.29, 0.717) is 12.0 Å². The van der Waals surface area contributed by atoms with Gasteiger partial charge in [0.2, 0.25) is 0 Å². The van der Waals surface area contributed by atoms with Crippen LogP contribution in [0.5, 0.6) is 0 Å². The predicted octanol–water partition coefficient (Wildman–Crippen LogP) is 3.50. The Labute approximate surface area is 164 Å². The molecule has 0 bridgehead atoms. The van der Waals surface area contributed by atoms with Crippen LogP contribution in [0.2, 0.25) is 0 Å². The van der Waals surface area contributed by atoms with Gasteiger partial charge in [0.1, 0.15) is 0 Å². The van der Waals surface area contributed by atoms with Crippen LogP contribution in [-0.4, -0.2) is 61.8 Å². The van der Waals surface area contributed by atoms with E-state index in [4.69, 9.17) is 4.74 Å². The van der Waals surface area contributed by atoms with Gasteiger partial charge in [0.15, 0.2) is 0 Å². The molecule has 2 aliphatic heterocycles. The molecule has 150 valence electrons. The minimum atomic E-state index is 0.0639. The second kappa shape index (κ2) is 10.7. The minimum Gasteiger partial charge on any atom is -0.378 e. The van der Waals surface area contributed by atoms with E-state index in [-0.39, 0.29) is 6.03 Å². The molecule has 2 saturated heterocycles. The number of likely N-dealkylation sites (tertiary alicyclic amines) is 1. The largest absolute Gasteiger partial charge is 0.378 e. The summed E-state index contributed by atoms with van der Waals surface area (Å²) in [6, 6.07) is 10.7. The number of ether oxygens (including phenoxy) is 1. The van der Waals surface area contributed by atoms with Crippen molar-refractivity contribution in [3.05, 3.63) is 35.9 Å². The SMILES string of the molecule is CN(CCC[C@@H]1CCCO1)C(=O)NCC1CCN(Cc2ccccc2)CC1. The van der Waals surface area contributed by atoms with Crippen molar-refractivity contribution in [1.82, 2.24) is 15.1 Å². The van der Waals surface area contributed by atoms with Crippen molar-refractivity contribution in [3.8, 4) is 0 Å². The van der Waals surface area contributed by atoms with Crippen molar-refractivity contribution in [2.24, 2.45) is 5.92 Å². The summed E-state index contributed by atoms with van der Waals surface area (Å²) >= 11 is 0. The summed E-state index contributed by atoms with van der Waals surface area (Å²) in [7, 11) is 1.90. The first kappa shape index (κ1) is 20.2. The Morgan fingerprint density at radius 3 is 2.70 bits per heavy atom. The lowest BCUT2D eigenvalue weighted by Gasteiger charge is -2.32. The highest BCUT2D eigenvalue weighted by Gasteiger charge is 2.21. The first-order valence-electron chi connectivity index (χ1n) is 10.6. The van der Waals surface area contributed by atoms with E-state index in [9.17, 15) is 4.79 Å². The molecule has 2 fully saturated rings. The second-order valence-electron chi connectivity index (χ2n) is 8.09. The molecule has 0 spiro atoms. The van der Waals surface area contributed by atoms with Gasteiger partial charge in [-0.15, -0.1) is 0 Å². The summed E-state index contributed by atoms with van der Waals surface area (Å²) in [6.45, 7) is 5.78. The van der Waals surface area contributed by atoms with Gasteiger partial charge >= 0.3 is 6.03 Å². The standard InChI is InChI=1S/C22H35N3O2/c1-24(13-5-9-21-10-6-16-27-21)22(26)23-17-19-11-14-25(15-12-19)18-20-7-3-2-4-8-20/h2-4,7-8,19,21H,5-6,9-18H2,1H3,(H,23,26)/t21-/m1/s1. The third-order valence-electron chi connectivity index (χ3n) is 5.89. The molecule has 0 aliphatic carbocycles. The molecular formula is C22H35N3O2. The van der Waals surface area contributed by atoms with Crippen LogP contribution in [0, 0.1) is 5.92 Å². The van der Waals surface area contributed by atoms with Gasteiger partial charge in [-0.3, -0.25) is 4.90 Å². The van der Waals surface area contributed by atoms with Crippen LogP contribution in [-0.2, 0) is 11.3 Å². The van der Waals surface area contributed by atoms with Crippen LogP contribution >= 0.6 is 0 Å². The van der Waals surface area contributed by atoms with Crippen molar-refractivity contribution in [1.29, 1.82) is 0 Å². The Morgan fingerprint density at radius 2 is 2.00 bits per heavy atom. The van der Waals surface area contributed by atoms with E-state index < -0.39 is 0 Å². The zero-order valence-electron chi connectivity index (χ0n) is 16.7. The molecule has 0 aromatic heterocycles. The summed E-state index contributed by atoms with van der Waals surface area (Å²) in [6.07, 6.45) is 7.20. The van der Waals surface area contributed by atoms with E-state index in [2.05, 4.69) is 40.5 Å². The molecule has 3 rings (SSSR count). The molecule has 0 radical (unpaired) electrons. The maximum Gasteiger partial charge on any atom is 0.317 e. The summed E-state index contributed by atoms with van der Waals surface area (Å²) in [5.41, 5.74) is 1.38. The maximum atomic E-state index is 12.3. The molecule has 0 unspecified atom stereocenters. The quantitative estimate of drug-likeness (QED) is 0.759. The van der Waals surface area contributed by atoms with E-state index >= 15 is 0 Å². The van der Waals surface area contributed by atoms with E-state index in [1.54, 1.807) is 0 Å². The van der Waals surface area contributed by atoms with Gasteiger partial charge in [0, 0.05) is 33.3 Å². The Hall–Kier alpha value is -1.59. The Balaban J connectivity index is 1.27. The van der Waals surface area contributed by atoms with E-state index in [1.165, 1.54) is 18.4 Å². The molecule has 2 heterocycles. The lowest BCUT2D eigenvalue weighted by atomic mass is 9.96. The van der Waals surface area contributed by atoms with Crippen molar-refractivity contribution >= 4 is 6.03 Å². The number of carbonyl (C=O) groups excluding carboxylic acids is 1. The highest BCUT2D eigenvalue weighted by molar-refractivity contribution is 5.73. The summed E-state index contributed by atoms with van der Waals surface area (Å²) in [4.78, 5) is 16.6. The third-order valence-corrected chi connectivity index (χ3v) is 5.89. The molecular weight excluding hydrogens is 338 g/mol. The maximum absolute atomic E-state index is 12.3. The molecule has 5 heteroatoms. The van der Waals surface area contributed by atoms with Crippen LogP contribution in [0.4, 0.5) is 4.79 Å². The molecule has 2 aliphatic rings. The van der Waals surface area contributed by atoms with Crippen LogP contribution in [0.25, 0.3) is 0 Å². The highest BCUT2D eigenvalue weighted by Crippen LogP contribution is 2.19. The van der Waals surface area contributed by atoms with E-state index in [0.717, 1.165) is 65.0 Å². The molecule has 0 saturated carbocycles. The van der Waals surface area contributed by atoms with Gasteiger partial charge in [0.25, 0.3) is 0 Å².